The van der Waals surface area contributed by atoms with Gasteiger partial charge in [0.15, 0.2) is 0 Å². The molecule has 2 rings (SSSR count). The number of carboxylic acids is 1. The third kappa shape index (κ3) is 4.19. The smallest absolute Gasteiger partial charge is 0.326 e. The van der Waals surface area contributed by atoms with E-state index in [4.69, 9.17) is 0 Å². The first-order chi connectivity index (χ1) is 11.4. The first kappa shape index (κ1) is 17.7. The average molecular weight is 326 g/mol. The Morgan fingerprint density at radius 1 is 1.17 bits per heavy atom. The van der Waals surface area contributed by atoms with Gasteiger partial charge in [0, 0.05) is 17.3 Å². The van der Waals surface area contributed by atoms with Crippen LogP contribution in [0.4, 0.5) is 0 Å². The Balaban J connectivity index is 2.29. The Morgan fingerprint density at radius 2 is 1.92 bits per heavy atom. The number of amides is 1. The van der Waals surface area contributed by atoms with Crippen molar-refractivity contribution in [2.75, 3.05) is 0 Å². The van der Waals surface area contributed by atoms with Gasteiger partial charge in [-0.25, -0.2) is 4.79 Å². The highest BCUT2D eigenvalue weighted by molar-refractivity contribution is 5.99. The third-order valence-electron chi connectivity index (χ3n) is 3.83. The second kappa shape index (κ2) is 7.73. The number of benzene rings is 1. The third-order valence-corrected chi connectivity index (χ3v) is 3.83. The molecule has 5 nitrogen and oxygen atoms in total. The van der Waals surface area contributed by atoms with Gasteiger partial charge in [-0.15, -0.1) is 0 Å². The highest BCUT2D eigenvalue weighted by atomic mass is 16.4. The highest BCUT2D eigenvalue weighted by Gasteiger charge is 2.23. The summed E-state index contributed by atoms with van der Waals surface area (Å²) >= 11 is 0. The molecule has 0 spiro atoms. The fourth-order valence-corrected chi connectivity index (χ4v) is 2.61. The topological polar surface area (TPSA) is 79.3 Å². The lowest BCUT2D eigenvalue weighted by molar-refractivity contribution is -0.139. The van der Waals surface area contributed by atoms with Crippen LogP contribution in [0.15, 0.2) is 42.6 Å². The maximum absolute atomic E-state index is 12.6. The SMILES string of the molecule is Cc1c(C(=O)N[C@@H](CC(C)C)C(=O)O)cccc1-c1ccccn1. The van der Waals surface area contributed by atoms with E-state index < -0.39 is 12.0 Å². The molecule has 0 saturated heterocycles. The monoisotopic (exact) mass is 326 g/mol. The predicted molar refractivity (Wildman–Crippen MR) is 92.8 cm³/mol. The number of hydrogen-bond donors (Lipinski definition) is 2. The van der Waals surface area contributed by atoms with Gasteiger partial charge in [0.05, 0.1) is 5.69 Å². The van der Waals surface area contributed by atoms with Crippen molar-refractivity contribution in [1.29, 1.82) is 0 Å². The number of carboxylic acid groups (broad SMARTS) is 1. The molecule has 0 fully saturated rings. The molecule has 126 valence electrons. The summed E-state index contributed by atoms with van der Waals surface area (Å²) < 4.78 is 0. The maximum Gasteiger partial charge on any atom is 0.326 e. The number of nitrogens with zero attached hydrogens (tertiary/aromatic N) is 1. The molecule has 0 aliphatic carbocycles. The molecule has 0 radical (unpaired) electrons. The highest BCUT2D eigenvalue weighted by Crippen LogP contribution is 2.24. The molecule has 5 heteroatoms. The first-order valence-electron chi connectivity index (χ1n) is 7.94. The molecular formula is C19H22N2O3. The van der Waals surface area contributed by atoms with Crippen molar-refractivity contribution in [3.8, 4) is 11.3 Å². The Morgan fingerprint density at radius 3 is 2.50 bits per heavy atom. The largest absolute Gasteiger partial charge is 0.480 e. The van der Waals surface area contributed by atoms with Gasteiger partial charge in [0.25, 0.3) is 5.91 Å². The summed E-state index contributed by atoms with van der Waals surface area (Å²) in [6.07, 6.45) is 2.09. The zero-order valence-electron chi connectivity index (χ0n) is 14.1. The van der Waals surface area contributed by atoms with Crippen molar-refractivity contribution < 1.29 is 14.7 Å². The van der Waals surface area contributed by atoms with Gasteiger partial charge in [0.2, 0.25) is 0 Å². The molecule has 0 unspecified atom stereocenters. The van der Waals surface area contributed by atoms with E-state index in [1.165, 1.54) is 0 Å². The summed E-state index contributed by atoms with van der Waals surface area (Å²) in [7, 11) is 0. The van der Waals surface area contributed by atoms with E-state index in [0.29, 0.717) is 12.0 Å². The van der Waals surface area contributed by atoms with Crippen LogP contribution in [0.1, 0.15) is 36.2 Å². The normalized spacial score (nSPS) is 12.0. The second-order valence-corrected chi connectivity index (χ2v) is 6.19. The first-order valence-corrected chi connectivity index (χ1v) is 7.94. The van der Waals surface area contributed by atoms with Crippen molar-refractivity contribution >= 4 is 11.9 Å². The summed E-state index contributed by atoms with van der Waals surface area (Å²) in [4.78, 5) is 28.2. The fourth-order valence-electron chi connectivity index (χ4n) is 2.61. The van der Waals surface area contributed by atoms with E-state index in [0.717, 1.165) is 16.8 Å². The van der Waals surface area contributed by atoms with Crippen LogP contribution < -0.4 is 5.32 Å². The zero-order chi connectivity index (χ0) is 17.7. The minimum absolute atomic E-state index is 0.173. The number of nitrogens with one attached hydrogen (secondary N) is 1. The molecule has 0 aliphatic rings. The molecule has 0 bridgehead atoms. The molecule has 0 aliphatic heterocycles. The van der Waals surface area contributed by atoms with E-state index in [9.17, 15) is 14.7 Å². The van der Waals surface area contributed by atoms with Crippen molar-refractivity contribution in [2.45, 2.75) is 33.2 Å². The van der Waals surface area contributed by atoms with Crippen molar-refractivity contribution in [1.82, 2.24) is 10.3 Å². The van der Waals surface area contributed by atoms with Crippen LogP contribution in [-0.4, -0.2) is 28.0 Å². The van der Waals surface area contributed by atoms with Crippen LogP contribution in [0, 0.1) is 12.8 Å². The molecule has 1 amide bonds. The minimum Gasteiger partial charge on any atom is -0.480 e. The molecule has 1 aromatic heterocycles. The summed E-state index contributed by atoms with van der Waals surface area (Å²) in [5, 5.41) is 11.9. The molecular weight excluding hydrogens is 304 g/mol. The maximum atomic E-state index is 12.6. The van der Waals surface area contributed by atoms with E-state index in [2.05, 4.69) is 10.3 Å². The van der Waals surface area contributed by atoms with Crippen LogP contribution in [0.5, 0.6) is 0 Å². The molecule has 2 aromatic rings. The summed E-state index contributed by atoms with van der Waals surface area (Å²) in [5.74, 6) is -1.22. The second-order valence-electron chi connectivity index (χ2n) is 6.19. The fraction of sp³-hybridized carbons (Fsp3) is 0.316. The standard InChI is InChI=1S/C19H22N2O3/c1-12(2)11-17(19(23)24)21-18(22)15-8-6-7-14(13(15)3)16-9-4-5-10-20-16/h4-10,12,17H,11H2,1-3H3,(H,21,22)(H,23,24)/t17-/m0/s1. The number of hydrogen-bond acceptors (Lipinski definition) is 3. The van der Waals surface area contributed by atoms with Crippen LogP contribution >= 0.6 is 0 Å². The Kier molecular flexibility index (Phi) is 5.68. The Hall–Kier alpha value is -2.69. The minimum atomic E-state index is -1.02. The van der Waals surface area contributed by atoms with Gasteiger partial charge in [-0.05, 0) is 43.0 Å². The number of aromatic nitrogens is 1. The van der Waals surface area contributed by atoms with Crippen LogP contribution in [0.25, 0.3) is 11.3 Å². The van der Waals surface area contributed by atoms with Crippen molar-refractivity contribution in [3.05, 3.63) is 53.7 Å². The summed E-state index contributed by atoms with van der Waals surface area (Å²) in [5.41, 5.74) is 2.89. The van der Waals surface area contributed by atoms with Gasteiger partial charge >= 0.3 is 5.97 Å². The quantitative estimate of drug-likeness (QED) is 0.854. The van der Waals surface area contributed by atoms with Gasteiger partial charge in [0.1, 0.15) is 6.04 Å². The van der Waals surface area contributed by atoms with Crippen molar-refractivity contribution in [2.24, 2.45) is 5.92 Å². The molecule has 1 heterocycles. The number of carbonyl (C=O) groups is 2. The van der Waals surface area contributed by atoms with E-state index in [1.807, 2.05) is 45.0 Å². The van der Waals surface area contributed by atoms with E-state index in [1.54, 1.807) is 18.3 Å². The lowest BCUT2D eigenvalue weighted by atomic mass is 9.98. The molecule has 1 atom stereocenters. The Bertz CT molecular complexity index is 727. The van der Waals surface area contributed by atoms with Gasteiger partial charge in [-0.3, -0.25) is 9.78 Å². The number of aliphatic carboxylic acids is 1. The van der Waals surface area contributed by atoms with Gasteiger partial charge in [-0.1, -0.05) is 32.0 Å². The lowest BCUT2D eigenvalue weighted by Crippen LogP contribution is -2.41. The molecule has 2 N–H and O–H groups in total. The van der Waals surface area contributed by atoms with E-state index in [-0.39, 0.29) is 11.8 Å². The number of pyridine rings is 1. The predicted octanol–water partition coefficient (Wildman–Crippen LogP) is 3.29. The molecule has 24 heavy (non-hydrogen) atoms. The van der Waals surface area contributed by atoms with Gasteiger partial charge < -0.3 is 10.4 Å². The lowest BCUT2D eigenvalue weighted by Gasteiger charge is -2.18. The van der Waals surface area contributed by atoms with E-state index >= 15 is 0 Å². The van der Waals surface area contributed by atoms with Crippen LogP contribution in [-0.2, 0) is 4.79 Å². The van der Waals surface area contributed by atoms with Crippen LogP contribution in [0.3, 0.4) is 0 Å². The van der Waals surface area contributed by atoms with Gasteiger partial charge in [-0.2, -0.15) is 0 Å². The molecule has 1 aromatic carbocycles. The zero-order valence-corrected chi connectivity index (χ0v) is 14.1. The molecule has 0 saturated carbocycles. The Labute approximate surface area is 141 Å². The summed E-state index contributed by atoms with van der Waals surface area (Å²) in [6, 6.07) is 10.1. The average Bonchev–Trinajstić information content (AvgIpc) is 2.54. The number of rotatable bonds is 6. The van der Waals surface area contributed by atoms with Crippen LogP contribution in [0.2, 0.25) is 0 Å². The van der Waals surface area contributed by atoms with Crippen molar-refractivity contribution in [3.63, 3.8) is 0 Å². The number of carbonyl (C=O) groups excluding carboxylic acids is 1. The summed E-state index contributed by atoms with van der Waals surface area (Å²) in [6.45, 7) is 5.70.